The molecule has 1 saturated heterocycles. The summed E-state index contributed by atoms with van der Waals surface area (Å²) in [5.74, 6) is -0.815. The standard InChI is InChI=1S/C20H18FN5O4S2/c21-14-1-5-16(6-2-14)26-11-10-25(20(26)28)13-18(27)23-15-3-7-17(8-4-15)32(29,30)24-19-22-9-12-31-19/h1-9,12H,10-11,13H2,(H,22,24)(H,23,27). The van der Waals surface area contributed by atoms with Gasteiger partial charge in [-0.3, -0.25) is 14.4 Å². The van der Waals surface area contributed by atoms with E-state index in [0.717, 1.165) is 11.3 Å². The normalized spacial score (nSPS) is 14.0. The molecule has 0 bridgehead atoms. The maximum absolute atomic E-state index is 13.1. The molecule has 2 heterocycles. The highest BCUT2D eigenvalue weighted by molar-refractivity contribution is 7.93. The fourth-order valence-corrected chi connectivity index (χ4v) is 4.92. The van der Waals surface area contributed by atoms with Crippen LogP contribution in [0.1, 0.15) is 0 Å². The number of benzene rings is 2. The molecule has 3 amide bonds. The van der Waals surface area contributed by atoms with E-state index >= 15 is 0 Å². The predicted molar refractivity (Wildman–Crippen MR) is 119 cm³/mol. The number of hydrogen-bond donors (Lipinski definition) is 2. The molecule has 0 saturated carbocycles. The highest BCUT2D eigenvalue weighted by Gasteiger charge is 2.30. The van der Waals surface area contributed by atoms with Crippen molar-refractivity contribution in [3.63, 3.8) is 0 Å². The topological polar surface area (TPSA) is 112 Å². The quantitative estimate of drug-likeness (QED) is 0.546. The zero-order chi connectivity index (χ0) is 22.7. The Morgan fingerprint density at radius 1 is 1.09 bits per heavy atom. The fourth-order valence-electron chi connectivity index (χ4n) is 3.13. The number of carbonyl (C=O) groups is 2. The van der Waals surface area contributed by atoms with E-state index in [9.17, 15) is 22.4 Å². The highest BCUT2D eigenvalue weighted by Crippen LogP contribution is 2.22. The Morgan fingerprint density at radius 2 is 1.81 bits per heavy atom. The number of sulfonamides is 1. The SMILES string of the molecule is O=C(CN1CCN(c2ccc(F)cc2)C1=O)Nc1ccc(S(=O)(=O)Nc2nccs2)cc1. The minimum absolute atomic E-state index is 0.0235. The van der Waals surface area contributed by atoms with E-state index in [4.69, 9.17) is 0 Å². The smallest absolute Gasteiger partial charge is 0.325 e. The summed E-state index contributed by atoms with van der Waals surface area (Å²) in [5, 5.41) is 4.56. The lowest BCUT2D eigenvalue weighted by molar-refractivity contribution is -0.116. The lowest BCUT2D eigenvalue weighted by Crippen LogP contribution is -2.37. The van der Waals surface area contributed by atoms with Crippen LogP contribution in [0.3, 0.4) is 0 Å². The van der Waals surface area contributed by atoms with Crippen molar-refractivity contribution in [2.75, 3.05) is 34.6 Å². The lowest BCUT2D eigenvalue weighted by Gasteiger charge is -2.18. The molecule has 12 heteroatoms. The summed E-state index contributed by atoms with van der Waals surface area (Å²) < 4.78 is 40.2. The van der Waals surface area contributed by atoms with Crippen molar-refractivity contribution >= 4 is 49.8 Å². The number of amides is 3. The maximum atomic E-state index is 13.1. The number of rotatable bonds is 7. The third-order valence-corrected chi connectivity index (χ3v) is 6.84. The molecule has 32 heavy (non-hydrogen) atoms. The van der Waals surface area contributed by atoms with Crippen molar-refractivity contribution in [2.45, 2.75) is 4.90 Å². The number of carbonyl (C=O) groups excluding carboxylic acids is 2. The predicted octanol–water partition coefficient (Wildman–Crippen LogP) is 2.96. The molecule has 1 aliphatic heterocycles. The second kappa shape index (κ2) is 8.93. The van der Waals surface area contributed by atoms with Crippen LogP contribution in [0.2, 0.25) is 0 Å². The van der Waals surface area contributed by atoms with Gasteiger partial charge in [0.1, 0.15) is 12.4 Å². The summed E-state index contributed by atoms with van der Waals surface area (Å²) in [6.07, 6.45) is 1.49. The van der Waals surface area contributed by atoms with Gasteiger partial charge in [0.05, 0.1) is 4.90 Å². The van der Waals surface area contributed by atoms with Crippen molar-refractivity contribution in [1.82, 2.24) is 9.88 Å². The van der Waals surface area contributed by atoms with Crippen LogP contribution in [0, 0.1) is 5.82 Å². The Labute approximate surface area is 187 Å². The van der Waals surface area contributed by atoms with Gasteiger partial charge in [0.25, 0.3) is 10.0 Å². The van der Waals surface area contributed by atoms with Crippen LogP contribution in [0.15, 0.2) is 65.0 Å². The average Bonchev–Trinajstić information content (AvgIpc) is 3.39. The Balaban J connectivity index is 1.34. The molecule has 0 aliphatic carbocycles. The average molecular weight is 476 g/mol. The Morgan fingerprint density at radius 3 is 2.47 bits per heavy atom. The summed E-state index contributed by atoms with van der Waals surface area (Å²) in [6, 6.07) is 10.9. The van der Waals surface area contributed by atoms with E-state index in [1.54, 1.807) is 5.38 Å². The summed E-state index contributed by atoms with van der Waals surface area (Å²) in [6.45, 7) is 0.571. The number of nitrogens with zero attached hydrogens (tertiary/aromatic N) is 3. The van der Waals surface area contributed by atoms with Gasteiger partial charge in [-0.05, 0) is 48.5 Å². The first-order chi connectivity index (χ1) is 15.3. The number of nitrogens with one attached hydrogen (secondary N) is 2. The number of anilines is 3. The molecule has 2 aromatic carbocycles. The van der Waals surface area contributed by atoms with Gasteiger partial charge in [0, 0.05) is 36.0 Å². The van der Waals surface area contributed by atoms with Gasteiger partial charge < -0.3 is 10.2 Å². The van der Waals surface area contributed by atoms with Crippen molar-refractivity contribution in [3.05, 3.63) is 65.9 Å². The molecule has 9 nitrogen and oxygen atoms in total. The van der Waals surface area contributed by atoms with Crippen LogP contribution in [0.4, 0.5) is 25.7 Å². The molecule has 4 rings (SSSR count). The Bertz CT molecular complexity index is 1220. The minimum atomic E-state index is -3.79. The van der Waals surface area contributed by atoms with E-state index in [2.05, 4.69) is 15.0 Å². The molecule has 1 aromatic heterocycles. The van der Waals surface area contributed by atoms with E-state index in [1.807, 2.05) is 0 Å². The van der Waals surface area contributed by atoms with Gasteiger partial charge in [-0.25, -0.2) is 22.6 Å². The number of thiazole rings is 1. The molecule has 2 N–H and O–H groups in total. The second-order valence-electron chi connectivity index (χ2n) is 6.85. The first-order valence-electron chi connectivity index (χ1n) is 9.46. The molecule has 1 aliphatic rings. The molecule has 0 radical (unpaired) electrons. The van der Waals surface area contributed by atoms with Gasteiger partial charge >= 0.3 is 6.03 Å². The number of urea groups is 1. The first-order valence-corrected chi connectivity index (χ1v) is 11.8. The molecule has 0 atom stereocenters. The van der Waals surface area contributed by atoms with Crippen LogP contribution >= 0.6 is 11.3 Å². The minimum Gasteiger partial charge on any atom is -0.325 e. The van der Waals surface area contributed by atoms with Crippen LogP contribution in [0.25, 0.3) is 0 Å². The number of aromatic nitrogens is 1. The number of halogens is 1. The van der Waals surface area contributed by atoms with Crippen LogP contribution < -0.4 is 14.9 Å². The molecular formula is C20H18FN5O4S2. The van der Waals surface area contributed by atoms with Gasteiger partial charge in [0.15, 0.2) is 5.13 Å². The zero-order valence-electron chi connectivity index (χ0n) is 16.6. The van der Waals surface area contributed by atoms with Crippen molar-refractivity contribution in [1.29, 1.82) is 0 Å². The Hall–Kier alpha value is -3.51. The van der Waals surface area contributed by atoms with E-state index in [0.29, 0.717) is 24.5 Å². The summed E-state index contributed by atoms with van der Waals surface area (Å²) in [4.78, 5) is 31.7. The summed E-state index contributed by atoms with van der Waals surface area (Å²) >= 11 is 1.16. The molecular weight excluding hydrogens is 457 g/mol. The second-order valence-corrected chi connectivity index (χ2v) is 9.42. The monoisotopic (exact) mass is 475 g/mol. The zero-order valence-corrected chi connectivity index (χ0v) is 18.2. The summed E-state index contributed by atoms with van der Waals surface area (Å²) in [5.41, 5.74) is 0.952. The first kappa shape index (κ1) is 21.7. The molecule has 3 aromatic rings. The van der Waals surface area contributed by atoms with Crippen LogP contribution in [-0.2, 0) is 14.8 Å². The van der Waals surface area contributed by atoms with Gasteiger partial charge in [-0.15, -0.1) is 11.3 Å². The molecule has 166 valence electrons. The van der Waals surface area contributed by atoms with E-state index in [1.165, 1.54) is 64.5 Å². The third kappa shape index (κ3) is 4.86. The third-order valence-electron chi connectivity index (χ3n) is 4.67. The largest absolute Gasteiger partial charge is 0.325 e. The molecule has 1 fully saturated rings. The van der Waals surface area contributed by atoms with Gasteiger partial charge in [-0.2, -0.15) is 0 Å². The van der Waals surface area contributed by atoms with E-state index in [-0.39, 0.29) is 22.6 Å². The van der Waals surface area contributed by atoms with Crippen LogP contribution in [-0.4, -0.2) is 49.9 Å². The van der Waals surface area contributed by atoms with Crippen molar-refractivity contribution in [2.24, 2.45) is 0 Å². The fraction of sp³-hybridized carbons (Fsp3) is 0.150. The van der Waals surface area contributed by atoms with Gasteiger partial charge in [0.2, 0.25) is 5.91 Å². The molecule has 0 unspecified atom stereocenters. The molecule has 0 spiro atoms. The van der Waals surface area contributed by atoms with Crippen LogP contribution in [0.5, 0.6) is 0 Å². The van der Waals surface area contributed by atoms with E-state index < -0.39 is 21.7 Å². The highest BCUT2D eigenvalue weighted by atomic mass is 32.2. The number of hydrogen-bond acceptors (Lipinski definition) is 6. The van der Waals surface area contributed by atoms with Crippen molar-refractivity contribution < 1.29 is 22.4 Å². The van der Waals surface area contributed by atoms with Gasteiger partial charge in [-0.1, -0.05) is 0 Å². The summed E-state index contributed by atoms with van der Waals surface area (Å²) in [7, 11) is -3.79. The van der Waals surface area contributed by atoms with Crippen molar-refractivity contribution in [3.8, 4) is 0 Å². The Kier molecular flexibility index (Phi) is 6.06. The lowest BCUT2D eigenvalue weighted by atomic mass is 10.3. The maximum Gasteiger partial charge on any atom is 0.325 e.